The summed E-state index contributed by atoms with van der Waals surface area (Å²) in [6.45, 7) is 5.72. The Morgan fingerprint density at radius 3 is 2.50 bits per heavy atom. The van der Waals surface area contributed by atoms with Crippen LogP contribution in [0.4, 0.5) is 11.4 Å². The van der Waals surface area contributed by atoms with Gasteiger partial charge in [-0.05, 0) is 61.7 Å². The number of aryl methyl sites for hydroxylation is 2. The van der Waals surface area contributed by atoms with E-state index in [0.717, 1.165) is 16.9 Å². The fourth-order valence-corrected chi connectivity index (χ4v) is 2.69. The van der Waals surface area contributed by atoms with Crippen LogP contribution in [0.1, 0.15) is 30.9 Å². The van der Waals surface area contributed by atoms with Gasteiger partial charge in [0.1, 0.15) is 5.75 Å². The molecule has 0 spiro atoms. The van der Waals surface area contributed by atoms with E-state index in [-0.39, 0.29) is 11.8 Å². The second-order valence-electron chi connectivity index (χ2n) is 6.14. The molecule has 2 aromatic carbocycles. The lowest BCUT2D eigenvalue weighted by atomic mass is 10.1. The number of hydrogen-bond donors (Lipinski definition) is 2. The van der Waals surface area contributed by atoms with Gasteiger partial charge in [-0.2, -0.15) is 0 Å². The minimum Gasteiger partial charge on any atom is -0.493 e. The molecule has 2 aromatic rings. The summed E-state index contributed by atoms with van der Waals surface area (Å²) in [6, 6.07) is 10.9. The predicted octanol–water partition coefficient (Wildman–Crippen LogP) is 4.71. The van der Waals surface area contributed by atoms with Crippen molar-refractivity contribution in [2.45, 2.75) is 33.6 Å². The number of carbonyl (C=O) groups excluding carboxylic acids is 2. The predicted molar refractivity (Wildman–Crippen MR) is 105 cm³/mol. The zero-order chi connectivity index (χ0) is 19.1. The monoisotopic (exact) mass is 374 g/mol. The van der Waals surface area contributed by atoms with Gasteiger partial charge in [0.2, 0.25) is 11.8 Å². The zero-order valence-electron chi connectivity index (χ0n) is 15.2. The van der Waals surface area contributed by atoms with E-state index >= 15 is 0 Å². The molecular weight excluding hydrogens is 352 g/mol. The van der Waals surface area contributed by atoms with Gasteiger partial charge in [0, 0.05) is 18.4 Å². The third kappa shape index (κ3) is 6.08. The van der Waals surface area contributed by atoms with Crippen LogP contribution in [0.3, 0.4) is 0 Å². The Morgan fingerprint density at radius 1 is 1.04 bits per heavy atom. The van der Waals surface area contributed by atoms with Crippen LogP contribution >= 0.6 is 11.6 Å². The number of amides is 2. The van der Waals surface area contributed by atoms with E-state index in [2.05, 4.69) is 10.6 Å². The summed E-state index contributed by atoms with van der Waals surface area (Å²) in [5.74, 6) is 0.455. The molecule has 0 atom stereocenters. The largest absolute Gasteiger partial charge is 0.493 e. The summed E-state index contributed by atoms with van der Waals surface area (Å²) in [5, 5.41) is 6.23. The van der Waals surface area contributed by atoms with Crippen molar-refractivity contribution in [3.8, 4) is 5.75 Å². The number of ether oxygens (including phenoxy) is 1. The lowest BCUT2D eigenvalue weighted by Crippen LogP contribution is -2.15. The van der Waals surface area contributed by atoms with Crippen molar-refractivity contribution in [2.75, 3.05) is 17.2 Å². The van der Waals surface area contributed by atoms with Crippen LogP contribution in [-0.4, -0.2) is 18.4 Å². The maximum atomic E-state index is 12.2. The van der Waals surface area contributed by atoms with Crippen LogP contribution in [0.25, 0.3) is 0 Å². The molecule has 5 nitrogen and oxygen atoms in total. The van der Waals surface area contributed by atoms with Gasteiger partial charge in [-0.1, -0.05) is 17.7 Å². The topological polar surface area (TPSA) is 67.4 Å². The van der Waals surface area contributed by atoms with Gasteiger partial charge >= 0.3 is 0 Å². The first-order valence-corrected chi connectivity index (χ1v) is 8.80. The highest BCUT2D eigenvalue weighted by atomic mass is 35.5. The van der Waals surface area contributed by atoms with Gasteiger partial charge in [-0.25, -0.2) is 0 Å². The molecule has 2 amide bonds. The van der Waals surface area contributed by atoms with E-state index in [1.807, 2.05) is 38.1 Å². The van der Waals surface area contributed by atoms with Gasteiger partial charge in [0.15, 0.2) is 0 Å². The second-order valence-corrected chi connectivity index (χ2v) is 6.58. The van der Waals surface area contributed by atoms with E-state index < -0.39 is 0 Å². The number of benzene rings is 2. The quantitative estimate of drug-likeness (QED) is 0.689. The summed E-state index contributed by atoms with van der Waals surface area (Å²) in [4.78, 5) is 23.5. The molecule has 138 valence electrons. The van der Waals surface area contributed by atoms with Crippen LogP contribution in [0.15, 0.2) is 36.4 Å². The Morgan fingerprint density at radius 2 is 1.81 bits per heavy atom. The van der Waals surface area contributed by atoms with Gasteiger partial charge in [0.05, 0.1) is 18.0 Å². The SMILES string of the molecule is CC(=O)Nc1ccc(C)cc1NC(=O)CCCOc1ccc(Cl)cc1C. The minimum absolute atomic E-state index is 0.126. The molecule has 0 fully saturated rings. The van der Waals surface area contributed by atoms with Gasteiger partial charge in [-0.3, -0.25) is 9.59 Å². The van der Waals surface area contributed by atoms with Crippen LogP contribution in [0.5, 0.6) is 5.75 Å². The molecule has 0 aliphatic rings. The summed E-state index contributed by atoms with van der Waals surface area (Å²) < 4.78 is 5.69. The summed E-state index contributed by atoms with van der Waals surface area (Å²) >= 11 is 5.92. The highest BCUT2D eigenvalue weighted by molar-refractivity contribution is 6.30. The first-order valence-electron chi connectivity index (χ1n) is 8.42. The standard InChI is InChI=1S/C20H23ClN2O3/c1-13-6-8-17(22-15(3)24)18(11-13)23-20(25)5-4-10-26-19-9-7-16(21)12-14(19)2/h6-9,11-12H,4-5,10H2,1-3H3,(H,22,24)(H,23,25). The first kappa shape index (κ1) is 19.8. The Labute approximate surface area is 158 Å². The molecule has 0 radical (unpaired) electrons. The van der Waals surface area contributed by atoms with Gasteiger partial charge < -0.3 is 15.4 Å². The second kappa shape index (κ2) is 9.25. The number of halogens is 1. The summed E-state index contributed by atoms with van der Waals surface area (Å²) in [5.41, 5.74) is 3.14. The molecule has 0 heterocycles. The first-order chi connectivity index (χ1) is 12.3. The van der Waals surface area contributed by atoms with Crippen LogP contribution in [-0.2, 0) is 9.59 Å². The highest BCUT2D eigenvalue weighted by Gasteiger charge is 2.09. The molecule has 6 heteroatoms. The van der Waals surface area contributed by atoms with Crippen molar-refractivity contribution in [3.63, 3.8) is 0 Å². The molecule has 0 saturated heterocycles. The number of carbonyl (C=O) groups is 2. The smallest absolute Gasteiger partial charge is 0.224 e. The normalized spacial score (nSPS) is 10.3. The molecule has 0 aliphatic carbocycles. The third-order valence-electron chi connectivity index (χ3n) is 3.70. The zero-order valence-corrected chi connectivity index (χ0v) is 15.9. The molecule has 2 rings (SSSR count). The fourth-order valence-electron chi connectivity index (χ4n) is 2.46. The highest BCUT2D eigenvalue weighted by Crippen LogP contribution is 2.24. The van der Waals surface area contributed by atoms with Crippen molar-refractivity contribution in [1.82, 2.24) is 0 Å². The van der Waals surface area contributed by atoms with Crippen molar-refractivity contribution in [3.05, 3.63) is 52.5 Å². The van der Waals surface area contributed by atoms with Crippen molar-refractivity contribution < 1.29 is 14.3 Å². The lowest BCUT2D eigenvalue weighted by Gasteiger charge is -2.13. The van der Waals surface area contributed by atoms with Crippen LogP contribution in [0.2, 0.25) is 5.02 Å². The molecule has 2 N–H and O–H groups in total. The maximum Gasteiger partial charge on any atom is 0.224 e. The van der Waals surface area contributed by atoms with Crippen molar-refractivity contribution in [2.24, 2.45) is 0 Å². The maximum absolute atomic E-state index is 12.2. The Balaban J connectivity index is 1.85. The van der Waals surface area contributed by atoms with Crippen LogP contribution in [0, 0.1) is 13.8 Å². The number of nitrogens with one attached hydrogen (secondary N) is 2. The molecule has 0 aromatic heterocycles. The third-order valence-corrected chi connectivity index (χ3v) is 3.94. The molecule has 0 unspecified atom stereocenters. The number of anilines is 2. The Kier molecular flexibility index (Phi) is 7.04. The van der Waals surface area contributed by atoms with Crippen molar-refractivity contribution in [1.29, 1.82) is 0 Å². The van der Waals surface area contributed by atoms with E-state index in [1.165, 1.54) is 6.92 Å². The fraction of sp³-hybridized carbons (Fsp3) is 0.300. The molecule has 0 aliphatic heterocycles. The van der Waals surface area contributed by atoms with Crippen molar-refractivity contribution >= 4 is 34.8 Å². The molecule has 0 bridgehead atoms. The lowest BCUT2D eigenvalue weighted by molar-refractivity contribution is -0.116. The summed E-state index contributed by atoms with van der Waals surface area (Å²) in [7, 11) is 0. The Hall–Kier alpha value is -2.53. The molecule has 0 saturated carbocycles. The van der Waals surface area contributed by atoms with E-state index in [0.29, 0.717) is 35.8 Å². The average molecular weight is 375 g/mol. The van der Waals surface area contributed by atoms with Gasteiger partial charge in [-0.15, -0.1) is 0 Å². The number of rotatable bonds is 7. The summed E-state index contributed by atoms with van der Waals surface area (Å²) in [6.07, 6.45) is 0.898. The van der Waals surface area contributed by atoms with E-state index in [1.54, 1.807) is 12.1 Å². The van der Waals surface area contributed by atoms with E-state index in [4.69, 9.17) is 16.3 Å². The minimum atomic E-state index is -0.184. The number of hydrogen-bond acceptors (Lipinski definition) is 3. The van der Waals surface area contributed by atoms with Crippen LogP contribution < -0.4 is 15.4 Å². The average Bonchev–Trinajstić information content (AvgIpc) is 2.55. The molecule has 26 heavy (non-hydrogen) atoms. The van der Waals surface area contributed by atoms with Gasteiger partial charge in [0.25, 0.3) is 0 Å². The molecular formula is C20H23ClN2O3. The van der Waals surface area contributed by atoms with E-state index in [9.17, 15) is 9.59 Å². The Bertz CT molecular complexity index is 806.